The smallest absolute Gasteiger partial charge is 0.243 e. The number of rotatable bonds is 11. The van der Waals surface area contributed by atoms with Crippen LogP contribution >= 0.6 is 0 Å². The second kappa shape index (κ2) is 12.6. The fourth-order valence-corrected chi connectivity index (χ4v) is 3.91. The van der Waals surface area contributed by atoms with Crippen molar-refractivity contribution in [3.63, 3.8) is 0 Å². The molecule has 0 saturated heterocycles. The number of nitrogens with one attached hydrogen (secondary N) is 1. The fourth-order valence-electron chi connectivity index (χ4n) is 3.91. The Balaban J connectivity index is 1.94. The molecule has 1 atom stereocenters. The lowest BCUT2D eigenvalue weighted by Crippen LogP contribution is -2.51. The molecule has 3 aromatic carbocycles. The molecule has 0 spiro atoms. The first-order chi connectivity index (χ1) is 16.5. The van der Waals surface area contributed by atoms with Gasteiger partial charge in [-0.3, -0.25) is 9.59 Å². The molecule has 0 unspecified atom stereocenters. The highest BCUT2D eigenvalue weighted by Gasteiger charge is 2.30. The summed E-state index contributed by atoms with van der Waals surface area (Å²) in [6, 6.07) is 24.8. The van der Waals surface area contributed by atoms with Crippen LogP contribution in [0, 0.1) is 6.92 Å². The molecule has 34 heavy (non-hydrogen) atoms. The molecule has 0 aliphatic carbocycles. The van der Waals surface area contributed by atoms with Gasteiger partial charge in [-0.2, -0.15) is 0 Å². The molecule has 3 aromatic rings. The maximum atomic E-state index is 13.7. The number of aryl methyl sites for hydroxylation is 1. The lowest BCUT2D eigenvalue weighted by atomic mass is 10.0. The fraction of sp³-hybridized carbons (Fsp3) is 0.310. The lowest BCUT2D eigenvalue weighted by molar-refractivity contribution is -0.140. The van der Waals surface area contributed by atoms with Crippen LogP contribution in [0.4, 0.5) is 0 Å². The maximum absolute atomic E-state index is 13.7. The molecule has 5 heteroatoms. The van der Waals surface area contributed by atoms with Crippen LogP contribution in [0.2, 0.25) is 0 Å². The largest absolute Gasteiger partial charge is 0.497 e. The first-order valence-electron chi connectivity index (χ1n) is 11.8. The zero-order chi connectivity index (χ0) is 24.3. The van der Waals surface area contributed by atoms with E-state index in [1.807, 2.05) is 92.7 Å². The SMILES string of the molecule is CCCNC(=O)[C@@H](Cc1ccccc1)N(Cc1ccccc1C)C(=O)Cc1ccc(OC)cc1. The van der Waals surface area contributed by atoms with Crippen LogP contribution in [-0.4, -0.2) is 36.4 Å². The summed E-state index contributed by atoms with van der Waals surface area (Å²) < 4.78 is 5.24. The molecule has 0 aliphatic rings. The second-order valence-electron chi connectivity index (χ2n) is 8.47. The van der Waals surface area contributed by atoms with Crippen molar-refractivity contribution in [2.45, 2.75) is 45.7 Å². The van der Waals surface area contributed by atoms with Crippen molar-refractivity contribution >= 4 is 11.8 Å². The van der Waals surface area contributed by atoms with E-state index in [-0.39, 0.29) is 18.2 Å². The molecule has 5 nitrogen and oxygen atoms in total. The summed E-state index contributed by atoms with van der Waals surface area (Å²) in [5.74, 6) is 0.539. The van der Waals surface area contributed by atoms with Gasteiger partial charge in [-0.25, -0.2) is 0 Å². The number of carbonyl (C=O) groups excluding carboxylic acids is 2. The van der Waals surface area contributed by atoms with E-state index in [0.29, 0.717) is 19.5 Å². The van der Waals surface area contributed by atoms with Gasteiger partial charge in [0.25, 0.3) is 0 Å². The number of hydrogen-bond donors (Lipinski definition) is 1. The number of carbonyl (C=O) groups is 2. The third-order valence-electron chi connectivity index (χ3n) is 5.94. The van der Waals surface area contributed by atoms with Gasteiger partial charge in [-0.05, 0) is 47.7 Å². The number of hydrogen-bond acceptors (Lipinski definition) is 3. The average Bonchev–Trinajstić information content (AvgIpc) is 2.86. The molecule has 3 rings (SSSR count). The van der Waals surface area contributed by atoms with Crippen LogP contribution in [0.1, 0.15) is 35.6 Å². The summed E-state index contributed by atoms with van der Waals surface area (Å²) in [6.45, 7) is 5.00. The zero-order valence-corrected chi connectivity index (χ0v) is 20.3. The minimum Gasteiger partial charge on any atom is -0.497 e. The Morgan fingerprint density at radius 2 is 1.59 bits per heavy atom. The number of amides is 2. The molecular formula is C29H34N2O3. The number of nitrogens with zero attached hydrogens (tertiary/aromatic N) is 1. The third kappa shape index (κ3) is 6.95. The summed E-state index contributed by atoms with van der Waals surface area (Å²) in [5, 5.41) is 3.02. The third-order valence-corrected chi connectivity index (χ3v) is 5.94. The van der Waals surface area contributed by atoms with Crippen LogP contribution in [0.5, 0.6) is 5.75 Å². The van der Waals surface area contributed by atoms with E-state index in [4.69, 9.17) is 4.74 Å². The van der Waals surface area contributed by atoms with Crippen molar-refractivity contribution in [3.8, 4) is 5.75 Å². The van der Waals surface area contributed by atoms with Crippen molar-refractivity contribution in [1.29, 1.82) is 0 Å². The average molecular weight is 459 g/mol. The molecule has 1 N–H and O–H groups in total. The Morgan fingerprint density at radius 1 is 0.912 bits per heavy atom. The Morgan fingerprint density at radius 3 is 2.24 bits per heavy atom. The zero-order valence-electron chi connectivity index (χ0n) is 20.3. The summed E-state index contributed by atoms with van der Waals surface area (Å²) in [6.07, 6.45) is 1.50. The Bertz CT molecular complexity index is 1060. The van der Waals surface area contributed by atoms with Gasteiger partial charge in [0.05, 0.1) is 13.5 Å². The molecule has 2 amide bonds. The standard InChI is InChI=1S/C29H34N2O3/c1-4-18-30-29(33)27(19-23-11-6-5-7-12-23)31(21-25-13-9-8-10-22(25)2)28(32)20-24-14-16-26(34-3)17-15-24/h5-17,27H,4,18-21H2,1-3H3,(H,30,33)/t27-/m1/s1. The van der Waals surface area contributed by atoms with Gasteiger partial charge in [-0.15, -0.1) is 0 Å². The van der Waals surface area contributed by atoms with Crippen molar-refractivity contribution in [1.82, 2.24) is 10.2 Å². The van der Waals surface area contributed by atoms with Crippen LogP contribution in [0.3, 0.4) is 0 Å². The molecule has 0 bridgehead atoms. The molecular weight excluding hydrogens is 424 g/mol. The molecule has 0 fully saturated rings. The number of benzene rings is 3. The van der Waals surface area contributed by atoms with Crippen LogP contribution in [0.25, 0.3) is 0 Å². The Kier molecular flexibility index (Phi) is 9.27. The van der Waals surface area contributed by atoms with E-state index in [2.05, 4.69) is 5.32 Å². The second-order valence-corrected chi connectivity index (χ2v) is 8.47. The van der Waals surface area contributed by atoms with E-state index in [1.54, 1.807) is 12.0 Å². The number of methoxy groups -OCH3 is 1. The quantitative estimate of drug-likeness (QED) is 0.453. The van der Waals surface area contributed by atoms with Crippen LogP contribution in [-0.2, 0) is 29.0 Å². The van der Waals surface area contributed by atoms with Crippen molar-refractivity contribution < 1.29 is 14.3 Å². The molecule has 0 saturated carbocycles. The van der Waals surface area contributed by atoms with E-state index in [9.17, 15) is 9.59 Å². The van der Waals surface area contributed by atoms with Crippen molar-refractivity contribution in [2.24, 2.45) is 0 Å². The molecule has 178 valence electrons. The summed E-state index contributed by atoms with van der Waals surface area (Å²) in [4.78, 5) is 28.8. The van der Waals surface area contributed by atoms with Gasteiger partial charge in [0, 0.05) is 19.5 Å². The van der Waals surface area contributed by atoms with Gasteiger partial charge >= 0.3 is 0 Å². The summed E-state index contributed by atoms with van der Waals surface area (Å²) in [7, 11) is 1.62. The molecule has 0 radical (unpaired) electrons. The molecule has 0 aliphatic heterocycles. The van der Waals surface area contributed by atoms with Crippen LogP contribution in [0.15, 0.2) is 78.9 Å². The van der Waals surface area contributed by atoms with E-state index >= 15 is 0 Å². The van der Waals surface area contributed by atoms with E-state index < -0.39 is 6.04 Å². The first kappa shape index (κ1) is 25.0. The van der Waals surface area contributed by atoms with Gasteiger partial charge < -0.3 is 15.0 Å². The van der Waals surface area contributed by atoms with E-state index in [1.165, 1.54) is 0 Å². The topological polar surface area (TPSA) is 58.6 Å². The van der Waals surface area contributed by atoms with Crippen molar-refractivity contribution in [2.75, 3.05) is 13.7 Å². The summed E-state index contributed by atoms with van der Waals surface area (Å²) in [5.41, 5.74) is 4.03. The Hall–Kier alpha value is -3.60. The predicted octanol–water partition coefficient (Wildman–Crippen LogP) is 4.71. The monoisotopic (exact) mass is 458 g/mol. The predicted molar refractivity (Wildman–Crippen MR) is 136 cm³/mol. The van der Waals surface area contributed by atoms with Gasteiger partial charge in [-0.1, -0.05) is 73.7 Å². The maximum Gasteiger partial charge on any atom is 0.243 e. The lowest BCUT2D eigenvalue weighted by Gasteiger charge is -2.32. The highest BCUT2D eigenvalue weighted by atomic mass is 16.5. The van der Waals surface area contributed by atoms with E-state index in [0.717, 1.165) is 34.4 Å². The first-order valence-corrected chi connectivity index (χ1v) is 11.8. The summed E-state index contributed by atoms with van der Waals surface area (Å²) >= 11 is 0. The van der Waals surface area contributed by atoms with Crippen LogP contribution < -0.4 is 10.1 Å². The van der Waals surface area contributed by atoms with Gasteiger partial charge in [0.2, 0.25) is 11.8 Å². The molecule has 0 aromatic heterocycles. The highest BCUT2D eigenvalue weighted by molar-refractivity contribution is 5.88. The highest BCUT2D eigenvalue weighted by Crippen LogP contribution is 2.19. The van der Waals surface area contributed by atoms with Crippen molar-refractivity contribution in [3.05, 3.63) is 101 Å². The minimum absolute atomic E-state index is 0.0824. The van der Waals surface area contributed by atoms with Gasteiger partial charge in [0.1, 0.15) is 11.8 Å². The number of ether oxygens (including phenoxy) is 1. The normalized spacial score (nSPS) is 11.5. The molecule has 0 heterocycles. The Labute approximate surface area is 202 Å². The van der Waals surface area contributed by atoms with Gasteiger partial charge in [0.15, 0.2) is 0 Å². The minimum atomic E-state index is -0.612.